The van der Waals surface area contributed by atoms with E-state index in [1.54, 1.807) is 0 Å². The van der Waals surface area contributed by atoms with E-state index in [0.717, 1.165) is 38.3 Å². The van der Waals surface area contributed by atoms with Gasteiger partial charge >= 0.3 is 0 Å². The van der Waals surface area contributed by atoms with Gasteiger partial charge in [0.05, 0.1) is 9.82 Å². The Morgan fingerprint density at radius 1 is 1.11 bits per heavy atom. The van der Waals surface area contributed by atoms with E-state index < -0.39 is 14.8 Å². The highest BCUT2D eigenvalue weighted by Gasteiger charge is 2.38. The maximum Gasteiger partial charge on any atom is 0.293 e. The van der Waals surface area contributed by atoms with Gasteiger partial charge in [-0.15, -0.1) is 0 Å². The average molecular weight is 396 g/mol. The van der Waals surface area contributed by atoms with E-state index in [4.69, 9.17) is 0 Å². The molecule has 7 nitrogen and oxygen atoms in total. The van der Waals surface area contributed by atoms with Crippen molar-refractivity contribution in [2.45, 2.75) is 61.8 Å². The molecule has 27 heavy (non-hydrogen) atoms. The first kappa shape index (κ1) is 20.1. The van der Waals surface area contributed by atoms with E-state index in [9.17, 15) is 18.5 Å². The van der Waals surface area contributed by atoms with Crippen LogP contribution in [0.25, 0.3) is 0 Å². The number of benzene rings is 1. The molecule has 3 rings (SSSR count). The van der Waals surface area contributed by atoms with Crippen LogP contribution in [0.3, 0.4) is 0 Å². The number of likely N-dealkylation sites (tertiary alicyclic amines) is 1. The molecule has 1 N–H and O–H groups in total. The topological polar surface area (TPSA) is 92.6 Å². The van der Waals surface area contributed by atoms with Gasteiger partial charge < -0.3 is 5.32 Å². The number of rotatable bonds is 6. The third-order valence-electron chi connectivity index (χ3n) is 6.01. The Balaban J connectivity index is 1.83. The molecule has 8 heteroatoms. The van der Waals surface area contributed by atoms with Crippen LogP contribution < -0.4 is 5.32 Å². The lowest BCUT2D eigenvalue weighted by molar-refractivity contribution is -0.384. The lowest BCUT2D eigenvalue weighted by Gasteiger charge is -2.48. The van der Waals surface area contributed by atoms with E-state index in [1.165, 1.54) is 50.7 Å². The third kappa shape index (κ3) is 4.60. The van der Waals surface area contributed by atoms with Crippen LogP contribution in [-0.2, 0) is 9.84 Å². The molecule has 1 aromatic rings. The summed E-state index contributed by atoms with van der Waals surface area (Å²) in [7, 11) is -3.48. The van der Waals surface area contributed by atoms with Crippen LogP contribution in [0, 0.1) is 10.1 Å². The molecule has 0 bridgehead atoms. The summed E-state index contributed by atoms with van der Waals surface area (Å²) in [6.45, 7) is 2.85. The number of anilines is 1. The zero-order chi connectivity index (χ0) is 19.5. The van der Waals surface area contributed by atoms with Crippen molar-refractivity contribution in [2.24, 2.45) is 0 Å². The van der Waals surface area contributed by atoms with Gasteiger partial charge in [-0.2, -0.15) is 0 Å². The second kappa shape index (κ2) is 8.14. The highest BCUT2D eigenvalue weighted by molar-refractivity contribution is 7.90. The summed E-state index contributed by atoms with van der Waals surface area (Å²) >= 11 is 0. The van der Waals surface area contributed by atoms with E-state index >= 15 is 0 Å². The number of piperidine rings is 1. The van der Waals surface area contributed by atoms with Crippen molar-refractivity contribution < 1.29 is 13.3 Å². The number of nitrogens with zero attached hydrogens (tertiary/aromatic N) is 2. The van der Waals surface area contributed by atoms with Crippen molar-refractivity contribution in [1.29, 1.82) is 0 Å². The van der Waals surface area contributed by atoms with E-state index in [0.29, 0.717) is 12.2 Å². The van der Waals surface area contributed by atoms with Crippen molar-refractivity contribution in [2.75, 3.05) is 31.2 Å². The molecule has 1 saturated carbocycles. The second-order valence-corrected chi connectivity index (χ2v) is 9.91. The predicted octanol–water partition coefficient (Wildman–Crippen LogP) is 3.60. The average Bonchev–Trinajstić information content (AvgIpc) is 2.67. The minimum atomic E-state index is -3.48. The Bertz CT molecular complexity index is 782. The van der Waals surface area contributed by atoms with Gasteiger partial charge in [0, 0.05) is 24.4 Å². The molecule has 0 spiro atoms. The van der Waals surface area contributed by atoms with Crippen molar-refractivity contribution in [3.63, 3.8) is 0 Å². The first-order valence-corrected chi connectivity index (χ1v) is 11.7. The van der Waals surface area contributed by atoms with Crippen LogP contribution in [0.1, 0.15) is 51.4 Å². The van der Waals surface area contributed by atoms with Gasteiger partial charge in [-0.3, -0.25) is 15.0 Å². The SMILES string of the molecule is CS(=O)(=O)c1ccc(NCC2(N3CCCCC3)CCCCC2)c([N+](=O)[O-])c1. The Hall–Kier alpha value is -1.67. The van der Waals surface area contributed by atoms with Gasteiger partial charge in [-0.05, 0) is 50.9 Å². The fourth-order valence-electron chi connectivity index (χ4n) is 4.49. The van der Waals surface area contributed by atoms with E-state index in [-0.39, 0.29) is 16.1 Å². The molecule has 0 radical (unpaired) electrons. The quantitative estimate of drug-likeness (QED) is 0.584. The van der Waals surface area contributed by atoms with Crippen LogP contribution >= 0.6 is 0 Å². The molecule has 2 fully saturated rings. The smallest absolute Gasteiger partial charge is 0.293 e. The number of nitrogens with one attached hydrogen (secondary N) is 1. The molecule has 2 aliphatic rings. The van der Waals surface area contributed by atoms with Crippen LogP contribution in [0.4, 0.5) is 11.4 Å². The number of sulfone groups is 1. The van der Waals surface area contributed by atoms with Crippen molar-refractivity contribution in [1.82, 2.24) is 4.90 Å². The van der Waals surface area contributed by atoms with Gasteiger partial charge in [0.25, 0.3) is 5.69 Å². The first-order valence-electron chi connectivity index (χ1n) is 9.79. The fourth-order valence-corrected chi connectivity index (χ4v) is 5.13. The maximum atomic E-state index is 11.7. The van der Waals surface area contributed by atoms with Gasteiger partial charge in [-0.1, -0.05) is 25.7 Å². The molecule has 1 aliphatic carbocycles. The third-order valence-corrected chi connectivity index (χ3v) is 7.12. The Morgan fingerprint density at radius 2 is 1.74 bits per heavy atom. The lowest BCUT2D eigenvalue weighted by Crippen LogP contribution is -2.56. The fraction of sp³-hybridized carbons (Fsp3) is 0.684. The first-order chi connectivity index (χ1) is 12.8. The molecule has 150 valence electrons. The monoisotopic (exact) mass is 395 g/mol. The van der Waals surface area contributed by atoms with Crippen LogP contribution in [0.2, 0.25) is 0 Å². The standard InChI is InChI=1S/C19H29N3O4S/c1-27(25,26)16-8-9-17(18(14-16)22(23)24)20-15-19(10-4-2-5-11-19)21-12-6-3-7-13-21/h8-9,14,20H,2-7,10-13,15H2,1H3. The summed E-state index contributed by atoms with van der Waals surface area (Å²) in [5, 5.41) is 14.8. The summed E-state index contributed by atoms with van der Waals surface area (Å²) in [6.07, 6.45) is 10.6. The minimum absolute atomic E-state index is 0.0249. The highest BCUT2D eigenvalue weighted by Crippen LogP contribution is 2.37. The molecular weight excluding hydrogens is 366 g/mol. The Morgan fingerprint density at radius 3 is 2.33 bits per heavy atom. The number of hydrogen-bond donors (Lipinski definition) is 1. The van der Waals surface area contributed by atoms with E-state index in [2.05, 4.69) is 10.2 Å². The predicted molar refractivity (Wildman–Crippen MR) is 106 cm³/mol. The summed E-state index contributed by atoms with van der Waals surface area (Å²) in [5.41, 5.74) is 0.263. The van der Waals surface area contributed by atoms with E-state index in [1.807, 2.05) is 0 Å². The summed E-state index contributed by atoms with van der Waals surface area (Å²) in [6, 6.07) is 4.13. The Kier molecular flexibility index (Phi) is 6.05. The maximum absolute atomic E-state index is 11.7. The molecule has 0 unspecified atom stereocenters. The zero-order valence-corrected chi connectivity index (χ0v) is 16.8. The Labute approximate surface area is 161 Å². The van der Waals surface area contributed by atoms with Crippen LogP contribution in [0.5, 0.6) is 0 Å². The van der Waals surface area contributed by atoms with Gasteiger partial charge in [0.1, 0.15) is 5.69 Å². The summed E-state index contributed by atoms with van der Waals surface area (Å²) < 4.78 is 23.5. The molecule has 0 atom stereocenters. The number of nitro groups is 1. The van der Waals surface area contributed by atoms with Gasteiger partial charge in [0.15, 0.2) is 9.84 Å². The molecule has 1 heterocycles. The van der Waals surface area contributed by atoms with Gasteiger partial charge in [0.2, 0.25) is 0 Å². The minimum Gasteiger partial charge on any atom is -0.378 e. The van der Waals surface area contributed by atoms with Crippen molar-refractivity contribution >= 4 is 21.2 Å². The normalized spacial score (nSPS) is 20.9. The van der Waals surface area contributed by atoms with Gasteiger partial charge in [-0.25, -0.2) is 8.42 Å². The molecule has 1 aliphatic heterocycles. The highest BCUT2D eigenvalue weighted by atomic mass is 32.2. The summed E-state index contributed by atoms with van der Waals surface area (Å²) in [4.78, 5) is 13.5. The molecule has 0 aromatic heterocycles. The molecule has 1 aromatic carbocycles. The number of hydrogen-bond acceptors (Lipinski definition) is 6. The summed E-state index contributed by atoms with van der Waals surface area (Å²) in [5.74, 6) is 0. The van der Waals surface area contributed by atoms with Crippen molar-refractivity contribution in [3.8, 4) is 0 Å². The number of nitro benzene ring substituents is 1. The van der Waals surface area contributed by atoms with Crippen LogP contribution in [-0.4, -0.2) is 49.7 Å². The second-order valence-electron chi connectivity index (χ2n) is 7.89. The zero-order valence-electron chi connectivity index (χ0n) is 15.9. The molecule has 0 amide bonds. The van der Waals surface area contributed by atoms with Crippen LogP contribution in [0.15, 0.2) is 23.1 Å². The largest absolute Gasteiger partial charge is 0.378 e. The molecule has 1 saturated heterocycles. The molecular formula is C19H29N3O4S. The lowest BCUT2D eigenvalue weighted by atomic mass is 9.79. The van der Waals surface area contributed by atoms with Crippen molar-refractivity contribution in [3.05, 3.63) is 28.3 Å².